The monoisotopic (exact) mass is 188 g/mol. The highest BCUT2D eigenvalue weighted by Gasteiger charge is 2.27. The Bertz CT molecular complexity index is 388. The highest BCUT2D eigenvalue weighted by atomic mass is 16.4. The highest BCUT2D eigenvalue weighted by Crippen LogP contribution is 2.28. The first kappa shape index (κ1) is 9.03. The normalized spacial score (nSPS) is 15.0. The van der Waals surface area contributed by atoms with Crippen LogP contribution in [0.5, 0.6) is 0 Å². The Morgan fingerprint density at radius 3 is 2.36 bits per heavy atom. The summed E-state index contributed by atoms with van der Waals surface area (Å²) in [4.78, 5) is 0. The van der Waals surface area contributed by atoms with Crippen molar-refractivity contribution in [2.24, 2.45) is 0 Å². The van der Waals surface area contributed by atoms with Gasteiger partial charge in [0.15, 0.2) is 0 Å². The molecule has 0 aliphatic heterocycles. The van der Waals surface area contributed by atoms with Crippen LogP contribution >= 0.6 is 0 Å². The van der Waals surface area contributed by atoms with Crippen LogP contribution in [0.4, 0.5) is 0 Å². The maximum atomic E-state index is 10.3. The Balaban J connectivity index is 2.43. The summed E-state index contributed by atoms with van der Waals surface area (Å²) in [5, 5.41) is 10.3. The molecule has 2 rings (SSSR count). The maximum absolute atomic E-state index is 10.3. The third-order valence-corrected chi connectivity index (χ3v) is 2.34. The standard InChI is InChI=1S/C12H12O2/c1-12(13,11-8-5-9-14-11)10-6-3-2-4-7-10/h2-9,13H,1H3. The number of furan rings is 1. The molecule has 0 saturated heterocycles. The van der Waals surface area contributed by atoms with E-state index in [0.29, 0.717) is 5.76 Å². The average molecular weight is 188 g/mol. The van der Waals surface area contributed by atoms with Gasteiger partial charge in [0.05, 0.1) is 6.26 Å². The Morgan fingerprint density at radius 1 is 1.07 bits per heavy atom. The van der Waals surface area contributed by atoms with E-state index in [1.54, 1.807) is 25.3 Å². The zero-order chi connectivity index (χ0) is 10.0. The lowest BCUT2D eigenvalue weighted by Gasteiger charge is -2.20. The van der Waals surface area contributed by atoms with E-state index < -0.39 is 5.60 Å². The predicted octanol–water partition coefficient (Wildman–Crippen LogP) is 2.54. The molecule has 1 aromatic carbocycles. The minimum atomic E-state index is -1.05. The fourth-order valence-electron chi connectivity index (χ4n) is 1.46. The van der Waals surface area contributed by atoms with Gasteiger partial charge in [0, 0.05) is 0 Å². The van der Waals surface area contributed by atoms with Crippen LogP contribution in [0.2, 0.25) is 0 Å². The highest BCUT2D eigenvalue weighted by molar-refractivity contribution is 5.29. The van der Waals surface area contributed by atoms with Gasteiger partial charge in [-0.15, -0.1) is 0 Å². The summed E-state index contributed by atoms with van der Waals surface area (Å²) in [6.07, 6.45) is 1.56. The van der Waals surface area contributed by atoms with Crippen LogP contribution in [-0.2, 0) is 5.60 Å². The third kappa shape index (κ3) is 1.44. The van der Waals surface area contributed by atoms with Crippen molar-refractivity contribution in [3.8, 4) is 0 Å². The number of hydrogen-bond acceptors (Lipinski definition) is 2. The second-order valence-electron chi connectivity index (χ2n) is 3.42. The molecule has 0 aliphatic rings. The van der Waals surface area contributed by atoms with E-state index >= 15 is 0 Å². The number of rotatable bonds is 2. The van der Waals surface area contributed by atoms with Gasteiger partial charge in [-0.3, -0.25) is 0 Å². The second kappa shape index (κ2) is 3.31. The van der Waals surface area contributed by atoms with Gasteiger partial charge in [0.2, 0.25) is 0 Å². The van der Waals surface area contributed by atoms with Crippen molar-refractivity contribution in [2.45, 2.75) is 12.5 Å². The van der Waals surface area contributed by atoms with E-state index in [9.17, 15) is 5.11 Å². The van der Waals surface area contributed by atoms with E-state index in [-0.39, 0.29) is 0 Å². The van der Waals surface area contributed by atoms with Gasteiger partial charge >= 0.3 is 0 Å². The molecule has 1 atom stereocenters. The molecule has 0 bridgehead atoms. The maximum Gasteiger partial charge on any atom is 0.144 e. The van der Waals surface area contributed by atoms with Crippen LogP contribution in [0.1, 0.15) is 18.2 Å². The summed E-state index contributed by atoms with van der Waals surface area (Å²) in [5.41, 5.74) is -0.222. The fraction of sp³-hybridized carbons (Fsp3) is 0.167. The number of benzene rings is 1. The lowest BCUT2D eigenvalue weighted by Crippen LogP contribution is -2.21. The molecule has 1 N–H and O–H groups in total. The first-order valence-corrected chi connectivity index (χ1v) is 4.53. The molecule has 0 spiro atoms. The second-order valence-corrected chi connectivity index (χ2v) is 3.42. The van der Waals surface area contributed by atoms with E-state index in [4.69, 9.17) is 4.42 Å². The van der Waals surface area contributed by atoms with Crippen LogP contribution in [0.3, 0.4) is 0 Å². The van der Waals surface area contributed by atoms with Gasteiger partial charge in [0.1, 0.15) is 11.4 Å². The Labute approximate surface area is 82.8 Å². The fourth-order valence-corrected chi connectivity index (χ4v) is 1.46. The molecular weight excluding hydrogens is 176 g/mol. The van der Waals surface area contributed by atoms with Crippen LogP contribution in [0.25, 0.3) is 0 Å². The quantitative estimate of drug-likeness (QED) is 0.785. The molecule has 14 heavy (non-hydrogen) atoms. The predicted molar refractivity (Wildman–Crippen MR) is 53.8 cm³/mol. The van der Waals surface area contributed by atoms with Crippen LogP contribution in [-0.4, -0.2) is 5.11 Å². The Morgan fingerprint density at radius 2 is 1.79 bits per heavy atom. The van der Waals surface area contributed by atoms with Gasteiger partial charge in [0.25, 0.3) is 0 Å². The molecule has 2 nitrogen and oxygen atoms in total. The van der Waals surface area contributed by atoms with Crippen molar-refractivity contribution in [1.82, 2.24) is 0 Å². The lowest BCUT2D eigenvalue weighted by molar-refractivity contribution is 0.0767. The Kier molecular flexibility index (Phi) is 2.14. The molecular formula is C12H12O2. The first-order valence-electron chi connectivity index (χ1n) is 4.53. The van der Waals surface area contributed by atoms with Gasteiger partial charge in [-0.1, -0.05) is 30.3 Å². The van der Waals surface area contributed by atoms with Crippen molar-refractivity contribution < 1.29 is 9.52 Å². The van der Waals surface area contributed by atoms with Crippen LogP contribution < -0.4 is 0 Å². The zero-order valence-electron chi connectivity index (χ0n) is 7.97. The van der Waals surface area contributed by atoms with E-state index in [2.05, 4.69) is 0 Å². The molecule has 0 fully saturated rings. The van der Waals surface area contributed by atoms with Crippen molar-refractivity contribution in [3.05, 3.63) is 60.1 Å². The van der Waals surface area contributed by atoms with Crippen LogP contribution in [0.15, 0.2) is 53.1 Å². The minimum Gasteiger partial charge on any atom is -0.466 e. The van der Waals surface area contributed by atoms with Gasteiger partial charge in [-0.25, -0.2) is 0 Å². The molecule has 0 amide bonds. The first-order chi connectivity index (χ1) is 6.71. The molecule has 1 aromatic heterocycles. The molecule has 0 radical (unpaired) electrons. The summed E-state index contributed by atoms with van der Waals surface area (Å²) >= 11 is 0. The smallest absolute Gasteiger partial charge is 0.144 e. The van der Waals surface area contributed by atoms with Gasteiger partial charge in [-0.05, 0) is 24.6 Å². The minimum absolute atomic E-state index is 0.559. The molecule has 1 heterocycles. The molecule has 2 aromatic rings. The molecule has 0 aliphatic carbocycles. The average Bonchev–Trinajstić information content (AvgIpc) is 2.72. The lowest BCUT2D eigenvalue weighted by atomic mass is 9.94. The Hall–Kier alpha value is -1.54. The summed E-state index contributed by atoms with van der Waals surface area (Å²) in [5.74, 6) is 0.559. The number of aliphatic hydroxyl groups is 1. The molecule has 1 unspecified atom stereocenters. The molecule has 0 saturated carbocycles. The van der Waals surface area contributed by atoms with Crippen molar-refractivity contribution in [1.29, 1.82) is 0 Å². The summed E-state index contributed by atoms with van der Waals surface area (Å²) in [6.45, 7) is 1.72. The van der Waals surface area contributed by atoms with Crippen molar-refractivity contribution in [3.63, 3.8) is 0 Å². The van der Waals surface area contributed by atoms with E-state index in [1.165, 1.54) is 0 Å². The van der Waals surface area contributed by atoms with Gasteiger partial charge in [-0.2, -0.15) is 0 Å². The SMILES string of the molecule is CC(O)(c1ccccc1)c1ccco1. The van der Waals surface area contributed by atoms with Gasteiger partial charge < -0.3 is 9.52 Å². The summed E-state index contributed by atoms with van der Waals surface area (Å²) in [6, 6.07) is 13.0. The molecule has 72 valence electrons. The molecule has 2 heteroatoms. The topological polar surface area (TPSA) is 33.4 Å². The van der Waals surface area contributed by atoms with Crippen LogP contribution in [0, 0.1) is 0 Å². The summed E-state index contributed by atoms with van der Waals surface area (Å²) < 4.78 is 5.20. The largest absolute Gasteiger partial charge is 0.466 e. The zero-order valence-corrected chi connectivity index (χ0v) is 7.97. The van der Waals surface area contributed by atoms with Crippen molar-refractivity contribution in [2.75, 3.05) is 0 Å². The van der Waals surface area contributed by atoms with Crippen molar-refractivity contribution >= 4 is 0 Å². The van der Waals surface area contributed by atoms with E-state index in [1.807, 2.05) is 30.3 Å². The summed E-state index contributed by atoms with van der Waals surface area (Å²) in [7, 11) is 0. The third-order valence-electron chi connectivity index (χ3n) is 2.34. The van der Waals surface area contributed by atoms with E-state index in [0.717, 1.165) is 5.56 Å². The number of hydrogen-bond donors (Lipinski definition) is 1.